The lowest BCUT2D eigenvalue weighted by molar-refractivity contribution is -0.185. The molecule has 6 heteroatoms. The van der Waals surface area contributed by atoms with E-state index in [9.17, 15) is 18.0 Å². The van der Waals surface area contributed by atoms with Crippen molar-refractivity contribution in [2.45, 2.75) is 25.1 Å². The molecule has 3 nitrogen and oxygen atoms in total. The average Bonchev–Trinajstić information content (AvgIpc) is 2.19. The van der Waals surface area contributed by atoms with Crippen molar-refractivity contribution >= 4 is 5.78 Å². The van der Waals surface area contributed by atoms with Crippen molar-refractivity contribution in [3.8, 4) is 5.75 Å². The van der Waals surface area contributed by atoms with Crippen molar-refractivity contribution in [3.05, 3.63) is 29.8 Å². The molecule has 0 aliphatic heterocycles. The van der Waals surface area contributed by atoms with Gasteiger partial charge in [-0.3, -0.25) is 4.79 Å². The van der Waals surface area contributed by atoms with E-state index in [2.05, 4.69) is 0 Å². The number of alkyl halides is 3. The van der Waals surface area contributed by atoms with E-state index in [1.807, 2.05) is 0 Å². The van der Waals surface area contributed by atoms with Gasteiger partial charge in [0.25, 0.3) is 0 Å². The van der Waals surface area contributed by atoms with Crippen LogP contribution in [0, 0.1) is 0 Å². The van der Waals surface area contributed by atoms with Gasteiger partial charge in [-0.2, -0.15) is 13.2 Å². The van der Waals surface area contributed by atoms with Crippen molar-refractivity contribution in [3.63, 3.8) is 0 Å². The Morgan fingerprint density at radius 1 is 1.29 bits per heavy atom. The Kier molecular flexibility index (Phi) is 3.47. The zero-order chi connectivity index (χ0) is 13.3. The smallest absolute Gasteiger partial charge is 0.413 e. The zero-order valence-corrected chi connectivity index (χ0v) is 9.08. The predicted molar refractivity (Wildman–Crippen MR) is 55.5 cm³/mol. The molecule has 0 aliphatic carbocycles. The van der Waals surface area contributed by atoms with E-state index in [1.54, 1.807) is 0 Å². The van der Waals surface area contributed by atoms with Crippen LogP contribution >= 0.6 is 0 Å². The van der Waals surface area contributed by atoms with E-state index in [1.165, 1.54) is 24.3 Å². The van der Waals surface area contributed by atoms with Gasteiger partial charge in [0.2, 0.25) is 0 Å². The third-order valence-corrected chi connectivity index (χ3v) is 2.47. The van der Waals surface area contributed by atoms with Gasteiger partial charge in [0.05, 0.1) is 0 Å². The largest absolute Gasteiger partial charge is 0.508 e. The van der Waals surface area contributed by atoms with Gasteiger partial charge in [0, 0.05) is 6.42 Å². The SMILES string of the molecule is CC(N)(C(=O)Cc1ccc(O)cc1)C(F)(F)F. The summed E-state index contributed by atoms with van der Waals surface area (Å²) in [6.07, 6.45) is -5.20. The van der Waals surface area contributed by atoms with Crippen LogP contribution in [0.2, 0.25) is 0 Å². The third kappa shape index (κ3) is 2.97. The second-order valence-corrected chi connectivity index (χ2v) is 3.97. The first-order valence-electron chi connectivity index (χ1n) is 4.81. The first-order chi connectivity index (χ1) is 7.64. The maximum absolute atomic E-state index is 12.5. The van der Waals surface area contributed by atoms with Gasteiger partial charge in [-0.05, 0) is 24.6 Å². The van der Waals surface area contributed by atoms with Crippen LogP contribution < -0.4 is 5.73 Å². The van der Waals surface area contributed by atoms with Crippen molar-refractivity contribution in [2.24, 2.45) is 5.73 Å². The van der Waals surface area contributed by atoms with Crippen LogP contribution in [0.4, 0.5) is 13.2 Å². The first kappa shape index (κ1) is 13.5. The molecule has 0 saturated carbocycles. The van der Waals surface area contributed by atoms with Crippen LogP contribution in [-0.2, 0) is 11.2 Å². The minimum atomic E-state index is -4.78. The molecule has 0 aliphatic rings. The molecular formula is C11H12F3NO2. The number of aromatic hydroxyl groups is 1. The second kappa shape index (κ2) is 4.37. The number of benzene rings is 1. The van der Waals surface area contributed by atoms with E-state index < -0.39 is 23.9 Å². The number of carbonyl (C=O) groups excluding carboxylic acids is 1. The Hall–Kier alpha value is -1.56. The molecule has 0 radical (unpaired) electrons. The molecule has 1 aromatic carbocycles. The van der Waals surface area contributed by atoms with Gasteiger partial charge in [-0.15, -0.1) is 0 Å². The van der Waals surface area contributed by atoms with Gasteiger partial charge in [0.15, 0.2) is 11.3 Å². The Morgan fingerprint density at radius 3 is 2.18 bits per heavy atom. The summed E-state index contributed by atoms with van der Waals surface area (Å²) < 4.78 is 37.4. The van der Waals surface area contributed by atoms with Gasteiger partial charge < -0.3 is 10.8 Å². The van der Waals surface area contributed by atoms with Crippen LogP contribution in [0.5, 0.6) is 5.75 Å². The molecule has 94 valence electrons. The standard InChI is InChI=1S/C11H12F3NO2/c1-10(15,11(12,13)14)9(17)6-7-2-4-8(16)5-3-7/h2-5,16H,6,15H2,1H3. The highest BCUT2D eigenvalue weighted by Crippen LogP contribution is 2.29. The Balaban J connectivity index is 2.83. The van der Waals surface area contributed by atoms with Crippen molar-refractivity contribution < 1.29 is 23.1 Å². The molecule has 0 spiro atoms. The average molecular weight is 247 g/mol. The molecular weight excluding hydrogens is 235 g/mol. The third-order valence-electron chi connectivity index (χ3n) is 2.47. The Labute approximate surface area is 96.0 Å². The monoisotopic (exact) mass is 247 g/mol. The first-order valence-corrected chi connectivity index (χ1v) is 4.81. The topological polar surface area (TPSA) is 63.3 Å². The number of ketones is 1. The number of phenolic OH excluding ortho intramolecular Hbond substituents is 1. The number of nitrogens with two attached hydrogens (primary N) is 1. The van der Waals surface area contributed by atoms with E-state index in [4.69, 9.17) is 10.8 Å². The lowest BCUT2D eigenvalue weighted by Crippen LogP contribution is -2.57. The van der Waals surface area contributed by atoms with E-state index in [-0.39, 0.29) is 5.75 Å². The van der Waals surface area contributed by atoms with Gasteiger partial charge in [-0.1, -0.05) is 12.1 Å². The number of hydrogen-bond acceptors (Lipinski definition) is 3. The molecule has 0 saturated heterocycles. The van der Waals surface area contributed by atoms with E-state index in [0.717, 1.165) is 0 Å². The number of hydrogen-bond donors (Lipinski definition) is 2. The number of Topliss-reactive ketones (excluding diaryl/α,β-unsaturated/α-hetero) is 1. The van der Waals surface area contributed by atoms with Gasteiger partial charge >= 0.3 is 6.18 Å². The molecule has 1 rings (SSSR count). The molecule has 0 amide bonds. The summed E-state index contributed by atoms with van der Waals surface area (Å²) in [6, 6.07) is 5.34. The summed E-state index contributed by atoms with van der Waals surface area (Å²) in [7, 11) is 0. The molecule has 1 aromatic rings. The molecule has 1 atom stereocenters. The normalized spacial score (nSPS) is 15.4. The summed E-state index contributed by atoms with van der Waals surface area (Å²) >= 11 is 0. The molecule has 0 bridgehead atoms. The highest BCUT2D eigenvalue weighted by molar-refractivity contribution is 5.90. The molecule has 0 heterocycles. The minimum absolute atomic E-state index is 0.0208. The number of phenols is 1. The fourth-order valence-corrected chi connectivity index (χ4v) is 1.14. The van der Waals surface area contributed by atoms with Crippen LogP contribution in [-0.4, -0.2) is 22.6 Å². The van der Waals surface area contributed by atoms with Gasteiger partial charge in [0.1, 0.15) is 5.75 Å². The van der Waals surface area contributed by atoms with Crippen LogP contribution in [0.15, 0.2) is 24.3 Å². The summed E-state index contributed by atoms with van der Waals surface area (Å²) in [5, 5.41) is 8.99. The maximum Gasteiger partial charge on any atom is 0.413 e. The van der Waals surface area contributed by atoms with Crippen LogP contribution in [0.1, 0.15) is 12.5 Å². The molecule has 0 fully saturated rings. The number of carbonyl (C=O) groups is 1. The lowest BCUT2D eigenvalue weighted by atomic mass is 9.92. The molecule has 0 aromatic heterocycles. The molecule has 17 heavy (non-hydrogen) atoms. The Bertz CT molecular complexity index is 410. The summed E-state index contributed by atoms with van der Waals surface area (Å²) in [5.41, 5.74) is 2.50. The molecule has 3 N–H and O–H groups in total. The highest BCUT2D eigenvalue weighted by atomic mass is 19.4. The fourth-order valence-electron chi connectivity index (χ4n) is 1.14. The Morgan fingerprint density at radius 2 is 1.76 bits per heavy atom. The van der Waals surface area contributed by atoms with Gasteiger partial charge in [-0.25, -0.2) is 0 Å². The lowest BCUT2D eigenvalue weighted by Gasteiger charge is -2.25. The van der Waals surface area contributed by atoms with E-state index >= 15 is 0 Å². The zero-order valence-electron chi connectivity index (χ0n) is 9.08. The van der Waals surface area contributed by atoms with Crippen LogP contribution in [0.25, 0.3) is 0 Å². The highest BCUT2D eigenvalue weighted by Gasteiger charge is 2.53. The second-order valence-electron chi connectivity index (χ2n) is 3.97. The van der Waals surface area contributed by atoms with E-state index in [0.29, 0.717) is 12.5 Å². The number of halogens is 3. The van der Waals surface area contributed by atoms with Crippen molar-refractivity contribution in [1.82, 2.24) is 0 Å². The predicted octanol–water partition coefficient (Wildman–Crippen LogP) is 1.78. The van der Waals surface area contributed by atoms with Crippen LogP contribution in [0.3, 0.4) is 0 Å². The number of rotatable bonds is 3. The summed E-state index contributed by atoms with van der Waals surface area (Å²) in [5.74, 6) is -1.14. The minimum Gasteiger partial charge on any atom is -0.508 e. The maximum atomic E-state index is 12.5. The van der Waals surface area contributed by atoms with Crippen molar-refractivity contribution in [2.75, 3.05) is 0 Å². The summed E-state index contributed by atoms with van der Waals surface area (Å²) in [6.45, 7) is 0.649. The quantitative estimate of drug-likeness (QED) is 0.855. The fraction of sp³-hybridized carbons (Fsp3) is 0.364. The molecule has 1 unspecified atom stereocenters. The summed E-state index contributed by atoms with van der Waals surface area (Å²) in [4.78, 5) is 11.5. The van der Waals surface area contributed by atoms with Crippen molar-refractivity contribution in [1.29, 1.82) is 0 Å².